The number of rotatable bonds is 8. The minimum Gasteiger partial charge on any atom is -0.493 e. The highest BCUT2D eigenvalue weighted by Gasteiger charge is 2.33. The molecule has 1 amide bonds. The summed E-state index contributed by atoms with van der Waals surface area (Å²) in [5.41, 5.74) is 2.15. The first-order chi connectivity index (χ1) is 17.8. The number of hydrogen-bond donors (Lipinski definition) is 0. The SMILES string of the molecule is CCn1c(N2CCCC2)c(C=C2SC(=S)N(CCc3ccc(OC)c(OC)c3)C2=O)c(C)c(C#N)c1=O. The van der Waals surface area contributed by atoms with E-state index in [1.807, 2.05) is 31.2 Å². The van der Waals surface area contributed by atoms with Crippen molar-refractivity contribution in [3.8, 4) is 17.6 Å². The maximum atomic E-state index is 13.4. The van der Waals surface area contributed by atoms with Gasteiger partial charge in [0.15, 0.2) is 11.5 Å². The molecule has 0 N–H and O–H groups in total. The molecular formula is C27H30N4O4S2. The average Bonchev–Trinajstić information content (AvgIpc) is 3.52. The van der Waals surface area contributed by atoms with Crippen LogP contribution in [0.25, 0.3) is 6.08 Å². The van der Waals surface area contributed by atoms with Crippen LogP contribution in [0.3, 0.4) is 0 Å². The second kappa shape index (κ2) is 11.4. The molecule has 10 heteroatoms. The summed E-state index contributed by atoms with van der Waals surface area (Å²) in [6, 6.07) is 7.76. The molecule has 2 saturated heterocycles. The van der Waals surface area contributed by atoms with Gasteiger partial charge in [0, 0.05) is 31.7 Å². The molecule has 1 aromatic heterocycles. The number of thiocarbonyl (C=S) groups is 1. The number of nitrogens with zero attached hydrogens (tertiary/aromatic N) is 4. The molecule has 1 aromatic carbocycles. The van der Waals surface area contributed by atoms with Crippen LogP contribution >= 0.6 is 24.0 Å². The Morgan fingerprint density at radius 1 is 1.16 bits per heavy atom. The van der Waals surface area contributed by atoms with Crippen LogP contribution in [0.5, 0.6) is 11.5 Å². The Bertz CT molecular complexity index is 1370. The Hall–Kier alpha value is -3.29. The van der Waals surface area contributed by atoms with Crippen LogP contribution in [-0.4, -0.2) is 53.5 Å². The molecular weight excluding hydrogens is 508 g/mol. The van der Waals surface area contributed by atoms with Gasteiger partial charge in [0.2, 0.25) is 0 Å². The van der Waals surface area contributed by atoms with Crippen molar-refractivity contribution in [1.29, 1.82) is 5.26 Å². The molecule has 0 atom stereocenters. The molecule has 0 radical (unpaired) electrons. The number of amides is 1. The molecule has 8 nitrogen and oxygen atoms in total. The predicted molar refractivity (Wildman–Crippen MR) is 150 cm³/mol. The summed E-state index contributed by atoms with van der Waals surface area (Å²) in [4.78, 5) is 30.8. The first-order valence-electron chi connectivity index (χ1n) is 12.2. The van der Waals surface area contributed by atoms with Crippen molar-refractivity contribution in [2.45, 2.75) is 39.7 Å². The predicted octanol–water partition coefficient (Wildman–Crippen LogP) is 4.11. The average molecular weight is 539 g/mol. The summed E-state index contributed by atoms with van der Waals surface area (Å²) in [6.07, 6.45) is 4.48. The number of hydrogen-bond acceptors (Lipinski definition) is 8. The lowest BCUT2D eigenvalue weighted by atomic mass is 10.0. The summed E-state index contributed by atoms with van der Waals surface area (Å²) in [6.45, 7) is 6.20. The van der Waals surface area contributed by atoms with E-state index in [1.165, 1.54) is 11.8 Å². The normalized spacial score (nSPS) is 16.6. The molecule has 194 valence electrons. The lowest BCUT2D eigenvalue weighted by molar-refractivity contribution is -0.122. The molecule has 0 saturated carbocycles. The highest BCUT2D eigenvalue weighted by molar-refractivity contribution is 8.26. The minimum absolute atomic E-state index is 0.111. The summed E-state index contributed by atoms with van der Waals surface area (Å²) in [7, 11) is 3.18. The van der Waals surface area contributed by atoms with Crippen LogP contribution in [0.2, 0.25) is 0 Å². The maximum absolute atomic E-state index is 13.4. The van der Waals surface area contributed by atoms with E-state index in [0.717, 1.165) is 42.9 Å². The smallest absolute Gasteiger partial charge is 0.270 e. The Morgan fingerprint density at radius 2 is 1.86 bits per heavy atom. The molecule has 0 spiro atoms. The van der Waals surface area contributed by atoms with Crippen molar-refractivity contribution in [3.63, 3.8) is 0 Å². The fourth-order valence-corrected chi connectivity index (χ4v) is 6.10. The third-order valence-corrected chi connectivity index (χ3v) is 8.17. The fraction of sp³-hybridized carbons (Fsp3) is 0.407. The number of carbonyl (C=O) groups excluding carboxylic acids is 1. The largest absolute Gasteiger partial charge is 0.493 e. The number of pyridine rings is 1. The first-order valence-corrected chi connectivity index (χ1v) is 13.5. The molecule has 2 aromatic rings. The van der Waals surface area contributed by atoms with Gasteiger partial charge in [-0.3, -0.25) is 19.1 Å². The van der Waals surface area contributed by atoms with Crippen LogP contribution in [0.15, 0.2) is 27.9 Å². The molecule has 0 unspecified atom stereocenters. The first kappa shape index (κ1) is 26.8. The van der Waals surface area contributed by atoms with E-state index in [1.54, 1.807) is 30.6 Å². The molecule has 2 aliphatic heterocycles. The van der Waals surface area contributed by atoms with Crippen molar-refractivity contribution < 1.29 is 14.3 Å². The van der Waals surface area contributed by atoms with E-state index in [9.17, 15) is 14.9 Å². The lowest BCUT2D eigenvalue weighted by Gasteiger charge is -2.26. The van der Waals surface area contributed by atoms with Crippen molar-refractivity contribution in [2.24, 2.45) is 0 Å². The molecule has 0 bridgehead atoms. The number of anilines is 1. The number of thioether (sulfide) groups is 1. The van der Waals surface area contributed by atoms with Crippen LogP contribution in [0.4, 0.5) is 5.82 Å². The van der Waals surface area contributed by atoms with Crippen LogP contribution in [-0.2, 0) is 17.8 Å². The van der Waals surface area contributed by atoms with Gasteiger partial charge in [-0.25, -0.2) is 0 Å². The third-order valence-electron chi connectivity index (χ3n) is 6.79. The molecule has 2 fully saturated rings. The highest BCUT2D eigenvalue weighted by Crippen LogP contribution is 2.37. The topological polar surface area (TPSA) is 87.8 Å². The molecule has 3 heterocycles. The molecule has 4 rings (SSSR count). The fourth-order valence-electron chi connectivity index (χ4n) is 4.81. The maximum Gasteiger partial charge on any atom is 0.270 e. The van der Waals surface area contributed by atoms with E-state index >= 15 is 0 Å². The van der Waals surface area contributed by atoms with E-state index < -0.39 is 0 Å². The summed E-state index contributed by atoms with van der Waals surface area (Å²) < 4.78 is 12.8. The number of ether oxygens (including phenoxy) is 2. The van der Waals surface area contributed by atoms with E-state index in [2.05, 4.69) is 11.0 Å². The van der Waals surface area contributed by atoms with E-state index in [4.69, 9.17) is 21.7 Å². The van der Waals surface area contributed by atoms with Gasteiger partial charge in [0.05, 0.1) is 19.1 Å². The van der Waals surface area contributed by atoms with Gasteiger partial charge < -0.3 is 14.4 Å². The number of carbonyl (C=O) groups is 1. The van der Waals surface area contributed by atoms with Crippen molar-refractivity contribution in [1.82, 2.24) is 9.47 Å². The Morgan fingerprint density at radius 3 is 2.49 bits per heavy atom. The number of nitriles is 1. The van der Waals surface area contributed by atoms with Crippen molar-refractivity contribution in [3.05, 3.63) is 55.7 Å². The van der Waals surface area contributed by atoms with Crippen LogP contribution in [0.1, 0.15) is 42.0 Å². The van der Waals surface area contributed by atoms with Gasteiger partial charge in [-0.05, 0) is 62.4 Å². The van der Waals surface area contributed by atoms with Crippen molar-refractivity contribution in [2.75, 3.05) is 38.8 Å². The highest BCUT2D eigenvalue weighted by atomic mass is 32.2. The Labute approximate surface area is 226 Å². The summed E-state index contributed by atoms with van der Waals surface area (Å²) in [5.74, 6) is 1.88. The van der Waals surface area contributed by atoms with Gasteiger partial charge in [-0.1, -0.05) is 30.0 Å². The zero-order chi connectivity index (χ0) is 26.7. The van der Waals surface area contributed by atoms with Gasteiger partial charge in [0.25, 0.3) is 11.5 Å². The Kier molecular flexibility index (Phi) is 8.25. The molecule has 0 aliphatic carbocycles. The number of benzene rings is 1. The second-order valence-electron chi connectivity index (χ2n) is 8.87. The van der Waals surface area contributed by atoms with E-state index in [-0.39, 0.29) is 17.0 Å². The van der Waals surface area contributed by atoms with Gasteiger partial charge in [0.1, 0.15) is 21.8 Å². The van der Waals surface area contributed by atoms with Gasteiger partial charge >= 0.3 is 0 Å². The zero-order valence-electron chi connectivity index (χ0n) is 21.5. The van der Waals surface area contributed by atoms with Gasteiger partial charge in [-0.15, -0.1) is 0 Å². The summed E-state index contributed by atoms with van der Waals surface area (Å²) >= 11 is 6.82. The van der Waals surface area contributed by atoms with Crippen molar-refractivity contribution >= 4 is 46.1 Å². The quantitative estimate of drug-likeness (QED) is 0.367. The van der Waals surface area contributed by atoms with E-state index in [0.29, 0.717) is 45.8 Å². The molecule has 2 aliphatic rings. The number of aromatic nitrogens is 1. The van der Waals surface area contributed by atoms with Crippen LogP contribution in [0, 0.1) is 18.3 Å². The molecule has 37 heavy (non-hydrogen) atoms. The second-order valence-corrected chi connectivity index (χ2v) is 10.5. The summed E-state index contributed by atoms with van der Waals surface area (Å²) in [5, 5.41) is 9.73. The standard InChI is InChI=1S/C27H30N4O4S2/c1-5-30-24(29-11-6-7-12-29)19(17(2)20(16-28)25(30)32)15-23-26(33)31(27(36)37-23)13-10-18-8-9-21(34-3)22(14-18)35-4/h8-9,14-15H,5-7,10-13H2,1-4H3. The monoisotopic (exact) mass is 538 g/mol. The van der Waals surface area contributed by atoms with Gasteiger partial charge in [-0.2, -0.15) is 5.26 Å². The third kappa shape index (κ3) is 5.11. The number of methoxy groups -OCH3 is 2. The zero-order valence-corrected chi connectivity index (χ0v) is 23.1. The lowest BCUT2D eigenvalue weighted by Crippen LogP contribution is -2.33. The minimum atomic E-state index is -0.288. The Balaban J connectivity index is 1.67. The van der Waals surface area contributed by atoms with Crippen LogP contribution < -0.4 is 19.9 Å².